The normalized spacial score (nSPS) is 13.3. The lowest BCUT2D eigenvalue weighted by atomic mass is 10.1. The van der Waals surface area contributed by atoms with Crippen molar-refractivity contribution in [2.45, 2.75) is 38.1 Å². The minimum absolute atomic E-state index is 0.252. The molecule has 0 amide bonds. The van der Waals surface area contributed by atoms with Crippen LogP contribution in [0, 0.1) is 0 Å². The first-order valence-corrected chi connectivity index (χ1v) is 10.5. The van der Waals surface area contributed by atoms with Crippen LogP contribution in [0.5, 0.6) is 0 Å². The van der Waals surface area contributed by atoms with Crippen molar-refractivity contribution in [2.24, 2.45) is 0 Å². The van der Waals surface area contributed by atoms with E-state index in [1.54, 1.807) is 0 Å². The summed E-state index contributed by atoms with van der Waals surface area (Å²) in [7, 11) is 0. The van der Waals surface area contributed by atoms with E-state index in [4.69, 9.17) is 14.2 Å². The highest BCUT2D eigenvalue weighted by Gasteiger charge is 2.32. The van der Waals surface area contributed by atoms with Gasteiger partial charge in [0.15, 0.2) is 0 Å². The van der Waals surface area contributed by atoms with Gasteiger partial charge in [0.1, 0.15) is 18.3 Å². The minimum Gasteiger partial charge on any atom is -0.394 e. The molecule has 164 valence electrons. The monoisotopic (exact) mass is 422 g/mol. The quantitative estimate of drug-likeness (QED) is 0.439. The van der Waals surface area contributed by atoms with E-state index in [1.165, 1.54) is 0 Å². The molecule has 5 nitrogen and oxygen atoms in total. The molecule has 3 rings (SSSR count). The molecule has 2 atom stereocenters. The summed E-state index contributed by atoms with van der Waals surface area (Å²) < 4.78 is 18.1. The van der Waals surface area contributed by atoms with Crippen molar-refractivity contribution in [1.82, 2.24) is 0 Å². The Kier molecular flexibility index (Phi) is 9.70. The number of hydrogen-bond donors (Lipinski definition) is 2. The summed E-state index contributed by atoms with van der Waals surface area (Å²) in [5.41, 5.74) is 2.98. The molecule has 0 aliphatic heterocycles. The van der Waals surface area contributed by atoms with E-state index in [-0.39, 0.29) is 13.2 Å². The lowest BCUT2D eigenvalue weighted by Gasteiger charge is -2.32. The van der Waals surface area contributed by atoms with Crippen LogP contribution in [-0.4, -0.2) is 41.7 Å². The topological polar surface area (TPSA) is 68.2 Å². The molecule has 0 radical (unpaired) electrons. The molecule has 2 N–H and O–H groups in total. The second kappa shape index (κ2) is 13.0. The van der Waals surface area contributed by atoms with Gasteiger partial charge in [0.25, 0.3) is 0 Å². The Bertz CT molecular complexity index is 790. The van der Waals surface area contributed by atoms with Gasteiger partial charge >= 0.3 is 0 Å². The zero-order valence-corrected chi connectivity index (χ0v) is 17.5. The third-order valence-electron chi connectivity index (χ3n) is 4.99. The zero-order chi connectivity index (χ0) is 21.7. The molecule has 0 spiro atoms. The predicted molar refractivity (Wildman–Crippen MR) is 119 cm³/mol. The van der Waals surface area contributed by atoms with E-state index in [0.717, 1.165) is 16.7 Å². The van der Waals surface area contributed by atoms with Crippen molar-refractivity contribution in [3.05, 3.63) is 108 Å². The van der Waals surface area contributed by atoms with Crippen LogP contribution >= 0.6 is 0 Å². The van der Waals surface area contributed by atoms with E-state index in [9.17, 15) is 10.2 Å². The van der Waals surface area contributed by atoms with Gasteiger partial charge in [-0.25, -0.2) is 0 Å². The molecule has 3 aromatic rings. The number of benzene rings is 3. The molecule has 0 bridgehead atoms. The molecule has 0 saturated carbocycles. The van der Waals surface area contributed by atoms with Crippen molar-refractivity contribution in [1.29, 1.82) is 0 Å². The van der Waals surface area contributed by atoms with Crippen LogP contribution in [0.15, 0.2) is 91.0 Å². The molecule has 0 aliphatic carbocycles. The van der Waals surface area contributed by atoms with E-state index < -0.39 is 18.3 Å². The molecule has 0 saturated heterocycles. The lowest BCUT2D eigenvalue weighted by Crippen LogP contribution is -2.46. The van der Waals surface area contributed by atoms with Gasteiger partial charge in [0, 0.05) is 0 Å². The van der Waals surface area contributed by atoms with Gasteiger partial charge in [0.2, 0.25) is 0 Å². The van der Waals surface area contributed by atoms with Gasteiger partial charge in [0.05, 0.1) is 33.0 Å². The van der Waals surface area contributed by atoms with Crippen molar-refractivity contribution in [3.8, 4) is 0 Å². The van der Waals surface area contributed by atoms with Crippen LogP contribution in [0.1, 0.15) is 16.7 Å². The average molecular weight is 423 g/mol. The van der Waals surface area contributed by atoms with E-state index in [2.05, 4.69) is 0 Å². The molecule has 0 heterocycles. The summed E-state index contributed by atoms with van der Waals surface area (Å²) in [4.78, 5) is 0. The molecule has 5 heteroatoms. The smallest absolute Gasteiger partial charge is 0.115 e. The summed E-state index contributed by atoms with van der Waals surface area (Å²) in [6, 6.07) is 29.3. The van der Waals surface area contributed by atoms with Crippen LogP contribution in [0.2, 0.25) is 0 Å². The summed E-state index contributed by atoms with van der Waals surface area (Å²) in [6.45, 7) is 0.471. The zero-order valence-electron chi connectivity index (χ0n) is 17.5. The van der Waals surface area contributed by atoms with Crippen molar-refractivity contribution in [3.63, 3.8) is 0 Å². The van der Waals surface area contributed by atoms with Crippen LogP contribution < -0.4 is 0 Å². The fourth-order valence-electron chi connectivity index (χ4n) is 3.28. The van der Waals surface area contributed by atoms with Gasteiger partial charge in [-0.3, -0.25) is 0 Å². The first kappa shape index (κ1) is 23.1. The molecule has 0 fully saturated rings. The maximum Gasteiger partial charge on any atom is 0.115 e. The third kappa shape index (κ3) is 7.58. The number of aliphatic hydroxyl groups is 2. The fraction of sp³-hybridized carbons (Fsp3) is 0.308. The highest BCUT2D eigenvalue weighted by Crippen LogP contribution is 2.18. The first-order chi connectivity index (χ1) is 15.3. The van der Waals surface area contributed by atoms with E-state index in [1.807, 2.05) is 91.0 Å². The summed E-state index contributed by atoms with van der Waals surface area (Å²) in [6.07, 6.45) is -1.96. The maximum atomic E-state index is 10.1. The highest BCUT2D eigenvalue weighted by molar-refractivity contribution is 5.15. The van der Waals surface area contributed by atoms with Gasteiger partial charge in [-0.1, -0.05) is 91.0 Å². The third-order valence-corrected chi connectivity index (χ3v) is 4.99. The van der Waals surface area contributed by atoms with Gasteiger partial charge < -0.3 is 24.4 Å². The lowest BCUT2D eigenvalue weighted by molar-refractivity contribution is -0.170. The molecule has 0 unspecified atom stereocenters. The number of aliphatic hydroxyl groups excluding tert-OH is 2. The SMILES string of the molecule is OC[C@H](OCc1ccccc1)C(OCc1ccccc1)[C@H](CO)OCc1ccccc1. The number of rotatable bonds is 13. The minimum atomic E-state index is -0.656. The largest absolute Gasteiger partial charge is 0.394 e. The van der Waals surface area contributed by atoms with E-state index >= 15 is 0 Å². The molecular formula is C26H30O5. The second-order valence-corrected chi connectivity index (χ2v) is 7.30. The van der Waals surface area contributed by atoms with Crippen molar-refractivity contribution >= 4 is 0 Å². The predicted octanol–water partition coefficient (Wildman–Crippen LogP) is 3.73. The first-order valence-electron chi connectivity index (χ1n) is 10.5. The van der Waals surface area contributed by atoms with Crippen LogP contribution in [0.4, 0.5) is 0 Å². The molecule has 31 heavy (non-hydrogen) atoms. The molecule has 0 aromatic heterocycles. The van der Waals surface area contributed by atoms with Crippen LogP contribution in [-0.2, 0) is 34.0 Å². The summed E-state index contributed by atoms with van der Waals surface area (Å²) in [5, 5.41) is 20.1. The standard InChI is InChI=1S/C26H30O5/c27-16-24(29-18-21-10-4-1-5-11-21)26(31-20-23-14-8-3-9-15-23)25(17-28)30-19-22-12-6-2-7-13-22/h1-15,24-28H,16-20H2/t24-,25-/m0/s1. The molecular weight excluding hydrogens is 392 g/mol. The van der Waals surface area contributed by atoms with Crippen LogP contribution in [0.25, 0.3) is 0 Å². The maximum absolute atomic E-state index is 10.1. The average Bonchev–Trinajstić information content (AvgIpc) is 2.84. The molecule has 3 aromatic carbocycles. The Morgan fingerprint density at radius 3 is 1.13 bits per heavy atom. The Labute approximate surface area is 183 Å². The van der Waals surface area contributed by atoms with Crippen molar-refractivity contribution < 1.29 is 24.4 Å². The number of ether oxygens (including phenoxy) is 3. The van der Waals surface area contributed by atoms with Gasteiger partial charge in [-0.05, 0) is 16.7 Å². The summed E-state index contributed by atoms with van der Waals surface area (Å²) >= 11 is 0. The fourth-order valence-corrected chi connectivity index (χ4v) is 3.28. The Hall–Kier alpha value is -2.54. The molecule has 0 aliphatic rings. The van der Waals surface area contributed by atoms with Gasteiger partial charge in [-0.15, -0.1) is 0 Å². The Morgan fingerprint density at radius 1 is 0.484 bits per heavy atom. The summed E-state index contributed by atoms with van der Waals surface area (Å²) in [5.74, 6) is 0. The second-order valence-electron chi connectivity index (χ2n) is 7.30. The Morgan fingerprint density at radius 2 is 0.806 bits per heavy atom. The highest BCUT2D eigenvalue weighted by atomic mass is 16.6. The van der Waals surface area contributed by atoms with E-state index in [0.29, 0.717) is 19.8 Å². The van der Waals surface area contributed by atoms with Gasteiger partial charge in [-0.2, -0.15) is 0 Å². The van der Waals surface area contributed by atoms with Crippen molar-refractivity contribution in [2.75, 3.05) is 13.2 Å². The van der Waals surface area contributed by atoms with Crippen LogP contribution in [0.3, 0.4) is 0 Å². The Balaban J connectivity index is 1.70. The number of hydrogen-bond acceptors (Lipinski definition) is 5.